The van der Waals surface area contributed by atoms with Gasteiger partial charge in [-0.2, -0.15) is 5.10 Å². The van der Waals surface area contributed by atoms with E-state index in [4.69, 9.17) is 5.73 Å². The molecule has 1 aromatic heterocycles. The molecule has 0 fully saturated rings. The van der Waals surface area contributed by atoms with E-state index >= 15 is 0 Å². The molecule has 0 aromatic carbocycles. The maximum absolute atomic E-state index is 5.59. The SMILES string of the molecule is Cn1nccc1NCCCC(C)(C)CCN. The second-order valence-corrected chi connectivity index (χ2v) is 5.07. The van der Waals surface area contributed by atoms with Crippen molar-refractivity contribution < 1.29 is 0 Å². The molecule has 0 aliphatic heterocycles. The van der Waals surface area contributed by atoms with Crippen molar-refractivity contribution in [2.45, 2.75) is 33.1 Å². The zero-order valence-electron chi connectivity index (χ0n) is 10.7. The van der Waals surface area contributed by atoms with Gasteiger partial charge in [-0.15, -0.1) is 0 Å². The molecule has 0 aliphatic rings. The number of aryl methyl sites for hydroxylation is 1. The second kappa shape index (κ2) is 5.89. The molecule has 0 saturated carbocycles. The van der Waals surface area contributed by atoms with Crippen LogP contribution in [0.15, 0.2) is 12.3 Å². The third-order valence-corrected chi connectivity index (χ3v) is 2.98. The molecule has 0 amide bonds. The number of anilines is 1. The van der Waals surface area contributed by atoms with Gasteiger partial charge < -0.3 is 11.1 Å². The number of aromatic nitrogens is 2. The molecule has 4 heteroatoms. The Balaban J connectivity index is 2.19. The van der Waals surface area contributed by atoms with Crippen molar-refractivity contribution >= 4 is 5.82 Å². The summed E-state index contributed by atoms with van der Waals surface area (Å²) in [7, 11) is 1.95. The molecule has 0 atom stereocenters. The highest BCUT2D eigenvalue weighted by atomic mass is 15.3. The number of hydrogen-bond donors (Lipinski definition) is 2. The topological polar surface area (TPSA) is 55.9 Å². The number of hydrogen-bond acceptors (Lipinski definition) is 3. The van der Waals surface area contributed by atoms with Crippen LogP contribution in [0.25, 0.3) is 0 Å². The van der Waals surface area contributed by atoms with Crippen molar-refractivity contribution in [1.29, 1.82) is 0 Å². The average Bonchev–Trinajstić information content (AvgIpc) is 2.59. The number of nitrogens with one attached hydrogen (secondary N) is 1. The van der Waals surface area contributed by atoms with Crippen LogP contribution in [-0.2, 0) is 7.05 Å². The van der Waals surface area contributed by atoms with Crippen molar-refractivity contribution in [3.63, 3.8) is 0 Å². The summed E-state index contributed by atoms with van der Waals surface area (Å²) in [4.78, 5) is 0. The first-order chi connectivity index (χ1) is 7.55. The number of rotatable bonds is 7. The lowest BCUT2D eigenvalue weighted by molar-refractivity contribution is 0.308. The van der Waals surface area contributed by atoms with Gasteiger partial charge in [0, 0.05) is 19.7 Å². The Hall–Kier alpha value is -1.03. The molecule has 0 saturated heterocycles. The van der Waals surface area contributed by atoms with Gasteiger partial charge in [-0.05, 0) is 31.2 Å². The fourth-order valence-corrected chi connectivity index (χ4v) is 1.85. The minimum atomic E-state index is 0.364. The molecule has 0 radical (unpaired) electrons. The van der Waals surface area contributed by atoms with E-state index < -0.39 is 0 Å². The quantitative estimate of drug-likeness (QED) is 0.696. The van der Waals surface area contributed by atoms with E-state index in [1.807, 2.05) is 17.8 Å². The standard InChI is InChI=1S/C12H24N4/c1-12(2,7-8-13)6-4-9-14-11-5-10-15-16(11)3/h5,10,14H,4,6-9,13H2,1-3H3. The molecular weight excluding hydrogens is 200 g/mol. The molecule has 92 valence electrons. The smallest absolute Gasteiger partial charge is 0.123 e. The van der Waals surface area contributed by atoms with Crippen LogP contribution in [0.3, 0.4) is 0 Å². The van der Waals surface area contributed by atoms with E-state index in [0.29, 0.717) is 5.41 Å². The summed E-state index contributed by atoms with van der Waals surface area (Å²) in [6.45, 7) is 6.34. The number of nitrogens with two attached hydrogens (primary N) is 1. The summed E-state index contributed by atoms with van der Waals surface area (Å²) >= 11 is 0. The normalized spacial score (nSPS) is 11.8. The van der Waals surface area contributed by atoms with Gasteiger partial charge in [-0.3, -0.25) is 4.68 Å². The van der Waals surface area contributed by atoms with Crippen LogP contribution < -0.4 is 11.1 Å². The summed E-state index contributed by atoms with van der Waals surface area (Å²) in [6.07, 6.45) is 5.27. The van der Waals surface area contributed by atoms with Crippen LogP contribution in [-0.4, -0.2) is 22.9 Å². The van der Waals surface area contributed by atoms with Gasteiger partial charge in [0.05, 0.1) is 6.20 Å². The Morgan fingerprint density at radius 3 is 2.75 bits per heavy atom. The van der Waals surface area contributed by atoms with Crippen molar-refractivity contribution in [1.82, 2.24) is 9.78 Å². The van der Waals surface area contributed by atoms with Crippen molar-refractivity contribution in [2.24, 2.45) is 18.2 Å². The summed E-state index contributed by atoms with van der Waals surface area (Å²) in [6, 6.07) is 1.99. The zero-order chi connectivity index (χ0) is 12.0. The molecule has 4 nitrogen and oxygen atoms in total. The van der Waals surface area contributed by atoms with Crippen molar-refractivity contribution in [3.05, 3.63) is 12.3 Å². The monoisotopic (exact) mass is 224 g/mol. The van der Waals surface area contributed by atoms with E-state index in [2.05, 4.69) is 24.3 Å². The van der Waals surface area contributed by atoms with Gasteiger partial charge in [0.25, 0.3) is 0 Å². The summed E-state index contributed by atoms with van der Waals surface area (Å²) < 4.78 is 1.85. The summed E-state index contributed by atoms with van der Waals surface area (Å²) in [5, 5.41) is 7.49. The Morgan fingerprint density at radius 2 is 2.19 bits per heavy atom. The van der Waals surface area contributed by atoms with Gasteiger partial charge in [-0.25, -0.2) is 0 Å². The third-order valence-electron chi connectivity index (χ3n) is 2.98. The summed E-state index contributed by atoms with van der Waals surface area (Å²) in [5.74, 6) is 1.08. The molecule has 1 heterocycles. The first-order valence-corrected chi connectivity index (χ1v) is 5.97. The first-order valence-electron chi connectivity index (χ1n) is 5.97. The van der Waals surface area contributed by atoms with E-state index in [-0.39, 0.29) is 0 Å². The van der Waals surface area contributed by atoms with Gasteiger partial charge in [0.2, 0.25) is 0 Å². The fraction of sp³-hybridized carbons (Fsp3) is 0.750. The lowest BCUT2D eigenvalue weighted by Crippen LogP contribution is -2.18. The van der Waals surface area contributed by atoms with Gasteiger partial charge in [0.15, 0.2) is 0 Å². The second-order valence-electron chi connectivity index (χ2n) is 5.07. The van der Waals surface area contributed by atoms with E-state index in [1.54, 1.807) is 6.20 Å². The molecular formula is C12H24N4. The Labute approximate surface area is 98.2 Å². The van der Waals surface area contributed by atoms with Gasteiger partial charge in [0.1, 0.15) is 5.82 Å². The van der Waals surface area contributed by atoms with Crippen LogP contribution in [0.4, 0.5) is 5.82 Å². The lowest BCUT2D eigenvalue weighted by atomic mass is 9.84. The highest BCUT2D eigenvalue weighted by Gasteiger charge is 2.15. The minimum Gasteiger partial charge on any atom is -0.370 e. The molecule has 0 aliphatic carbocycles. The minimum absolute atomic E-state index is 0.364. The van der Waals surface area contributed by atoms with Crippen LogP contribution in [0, 0.1) is 5.41 Å². The van der Waals surface area contributed by atoms with Gasteiger partial charge >= 0.3 is 0 Å². The molecule has 0 unspecified atom stereocenters. The summed E-state index contributed by atoms with van der Waals surface area (Å²) in [5.41, 5.74) is 5.95. The lowest BCUT2D eigenvalue weighted by Gasteiger charge is -2.23. The molecule has 1 aromatic rings. The molecule has 0 spiro atoms. The predicted molar refractivity (Wildman–Crippen MR) is 68.4 cm³/mol. The van der Waals surface area contributed by atoms with Crippen LogP contribution >= 0.6 is 0 Å². The third kappa shape index (κ3) is 4.23. The Morgan fingerprint density at radius 1 is 1.44 bits per heavy atom. The first kappa shape index (κ1) is 13.0. The van der Waals surface area contributed by atoms with Gasteiger partial charge in [-0.1, -0.05) is 13.8 Å². The van der Waals surface area contributed by atoms with E-state index in [0.717, 1.165) is 31.7 Å². The maximum atomic E-state index is 5.59. The average molecular weight is 224 g/mol. The van der Waals surface area contributed by atoms with Crippen molar-refractivity contribution in [3.8, 4) is 0 Å². The molecule has 1 rings (SSSR count). The Kier molecular flexibility index (Phi) is 4.80. The van der Waals surface area contributed by atoms with E-state index in [9.17, 15) is 0 Å². The molecule has 0 bridgehead atoms. The predicted octanol–water partition coefficient (Wildman–Crippen LogP) is 1.99. The largest absolute Gasteiger partial charge is 0.370 e. The highest BCUT2D eigenvalue weighted by molar-refractivity contribution is 5.33. The van der Waals surface area contributed by atoms with Crippen LogP contribution in [0.2, 0.25) is 0 Å². The highest BCUT2D eigenvalue weighted by Crippen LogP contribution is 2.25. The van der Waals surface area contributed by atoms with Crippen molar-refractivity contribution in [2.75, 3.05) is 18.4 Å². The number of nitrogens with zero attached hydrogens (tertiary/aromatic N) is 2. The van der Waals surface area contributed by atoms with E-state index in [1.165, 1.54) is 6.42 Å². The van der Waals surface area contributed by atoms with Crippen LogP contribution in [0.5, 0.6) is 0 Å². The Bertz CT molecular complexity index is 304. The maximum Gasteiger partial charge on any atom is 0.123 e. The van der Waals surface area contributed by atoms with Crippen LogP contribution in [0.1, 0.15) is 33.1 Å². The molecule has 16 heavy (non-hydrogen) atoms. The zero-order valence-corrected chi connectivity index (χ0v) is 10.7. The molecule has 3 N–H and O–H groups in total. The fourth-order valence-electron chi connectivity index (χ4n) is 1.85.